The minimum atomic E-state index is -0.498. The van der Waals surface area contributed by atoms with Crippen molar-refractivity contribution in [2.75, 3.05) is 25.5 Å². The van der Waals surface area contributed by atoms with Gasteiger partial charge in [-0.25, -0.2) is 4.79 Å². The quantitative estimate of drug-likeness (QED) is 0.746. The predicted molar refractivity (Wildman–Crippen MR) is 105 cm³/mol. The van der Waals surface area contributed by atoms with Gasteiger partial charge in [0.1, 0.15) is 0 Å². The molecule has 0 bridgehead atoms. The predicted octanol–water partition coefficient (Wildman–Crippen LogP) is 3.22. The lowest BCUT2D eigenvalue weighted by atomic mass is 10.1. The Balaban J connectivity index is 1.66. The van der Waals surface area contributed by atoms with Crippen LogP contribution in [0.2, 0.25) is 0 Å². The van der Waals surface area contributed by atoms with Crippen LogP contribution in [0.3, 0.4) is 0 Å². The summed E-state index contributed by atoms with van der Waals surface area (Å²) < 4.78 is 4.99. The van der Waals surface area contributed by atoms with Crippen LogP contribution >= 0.6 is 0 Å². The molecule has 7 heteroatoms. The Hall–Kier alpha value is -3.32. The first-order valence-corrected chi connectivity index (χ1v) is 8.99. The number of ether oxygens (including phenoxy) is 1. The maximum Gasteiger partial charge on any atom is 0.359 e. The molecule has 1 saturated heterocycles. The Bertz CT molecular complexity index is 888. The number of phenolic OH excluding ortho intramolecular Hbond substituents is 1. The number of hydrogen-bond acceptors (Lipinski definition) is 6. The van der Waals surface area contributed by atoms with Crippen molar-refractivity contribution in [2.24, 2.45) is 0 Å². The lowest BCUT2D eigenvalue weighted by Crippen LogP contribution is -2.25. The summed E-state index contributed by atoms with van der Waals surface area (Å²) in [5.41, 5.74) is 1.30. The number of nitrogens with one attached hydrogen (secondary N) is 1. The van der Waals surface area contributed by atoms with Gasteiger partial charge >= 0.3 is 5.97 Å². The SMILES string of the molecule is COc1ccc(/C=C/C(=O)Nc2ccccc2C(=O)ON2CCCC2)cc1O. The third-order valence-corrected chi connectivity index (χ3v) is 4.31. The summed E-state index contributed by atoms with van der Waals surface area (Å²) in [4.78, 5) is 30.0. The van der Waals surface area contributed by atoms with Gasteiger partial charge < -0.3 is 20.0 Å². The number of hydroxylamine groups is 2. The highest BCUT2D eigenvalue weighted by atomic mass is 16.7. The number of carbonyl (C=O) groups excluding carboxylic acids is 2. The van der Waals surface area contributed by atoms with Gasteiger partial charge in [-0.2, -0.15) is 0 Å². The lowest BCUT2D eigenvalue weighted by Gasteiger charge is -2.15. The highest BCUT2D eigenvalue weighted by Gasteiger charge is 2.20. The van der Waals surface area contributed by atoms with Gasteiger partial charge in [0.15, 0.2) is 11.5 Å². The van der Waals surface area contributed by atoms with Gasteiger partial charge in [0.25, 0.3) is 0 Å². The molecular weight excluding hydrogens is 360 g/mol. The first kappa shape index (κ1) is 19.4. The largest absolute Gasteiger partial charge is 0.504 e. The highest BCUT2D eigenvalue weighted by molar-refractivity contribution is 6.06. The van der Waals surface area contributed by atoms with Crippen LogP contribution in [-0.4, -0.2) is 42.2 Å². The maximum absolute atomic E-state index is 12.4. The number of nitrogens with zero attached hydrogens (tertiary/aromatic N) is 1. The van der Waals surface area contributed by atoms with Crippen LogP contribution in [-0.2, 0) is 9.63 Å². The van der Waals surface area contributed by atoms with E-state index >= 15 is 0 Å². The van der Waals surface area contributed by atoms with Crippen molar-refractivity contribution < 1.29 is 24.3 Å². The number of carbonyl (C=O) groups is 2. The van der Waals surface area contributed by atoms with E-state index in [1.165, 1.54) is 19.3 Å². The van der Waals surface area contributed by atoms with Crippen molar-refractivity contribution >= 4 is 23.6 Å². The second-order valence-electron chi connectivity index (χ2n) is 6.31. The fraction of sp³-hybridized carbons (Fsp3) is 0.238. The van der Waals surface area contributed by atoms with E-state index in [0.29, 0.717) is 22.6 Å². The van der Waals surface area contributed by atoms with Crippen molar-refractivity contribution in [2.45, 2.75) is 12.8 Å². The summed E-state index contributed by atoms with van der Waals surface area (Å²) in [5.74, 6) is -0.564. The van der Waals surface area contributed by atoms with Crippen LogP contribution in [0.4, 0.5) is 5.69 Å². The van der Waals surface area contributed by atoms with Gasteiger partial charge in [0.2, 0.25) is 5.91 Å². The average molecular weight is 382 g/mol. The fourth-order valence-corrected chi connectivity index (χ4v) is 2.87. The molecule has 1 fully saturated rings. The first-order chi connectivity index (χ1) is 13.6. The van der Waals surface area contributed by atoms with Gasteiger partial charge in [-0.15, -0.1) is 5.06 Å². The van der Waals surface area contributed by atoms with E-state index < -0.39 is 11.9 Å². The Kier molecular flexibility index (Phi) is 6.29. The van der Waals surface area contributed by atoms with E-state index in [9.17, 15) is 14.7 Å². The van der Waals surface area contributed by atoms with Crippen LogP contribution in [0.1, 0.15) is 28.8 Å². The molecule has 3 rings (SSSR count). The number of phenols is 1. The molecule has 2 aromatic rings. The Morgan fingerprint density at radius 1 is 1.14 bits per heavy atom. The summed E-state index contributed by atoms with van der Waals surface area (Å²) in [6.45, 7) is 1.44. The van der Waals surface area contributed by atoms with Gasteiger partial charge in [-0.3, -0.25) is 4.79 Å². The number of benzene rings is 2. The lowest BCUT2D eigenvalue weighted by molar-refractivity contribution is -0.111. The van der Waals surface area contributed by atoms with E-state index in [4.69, 9.17) is 9.57 Å². The molecule has 0 saturated carbocycles. The van der Waals surface area contributed by atoms with Crippen molar-refractivity contribution in [1.29, 1.82) is 0 Å². The zero-order valence-corrected chi connectivity index (χ0v) is 15.6. The van der Waals surface area contributed by atoms with Crippen LogP contribution in [0.25, 0.3) is 6.08 Å². The molecular formula is C21H22N2O5. The molecule has 1 aliphatic heterocycles. The van der Waals surface area contributed by atoms with E-state index in [1.54, 1.807) is 47.5 Å². The molecule has 2 aromatic carbocycles. The second-order valence-corrected chi connectivity index (χ2v) is 6.31. The second kappa shape index (κ2) is 9.05. The topological polar surface area (TPSA) is 88.1 Å². The zero-order valence-electron chi connectivity index (χ0n) is 15.6. The number of rotatable bonds is 6. The Morgan fingerprint density at radius 3 is 2.61 bits per heavy atom. The normalized spacial score (nSPS) is 14.2. The zero-order chi connectivity index (χ0) is 19.9. The van der Waals surface area contributed by atoms with Crippen LogP contribution in [0, 0.1) is 0 Å². The summed E-state index contributed by atoms with van der Waals surface area (Å²) >= 11 is 0. The summed E-state index contributed by atoms with van der Waals surface area (Å²) in [7, 11) is 1.46. The summed E-state index contributed by atoms with van der Waals surface area (Å²) in [6.07, 6.45) is 4.87. The van der Waals surface area contributed by atoms with Gasteiger partial charge in [-0.1, -0.05) is 18.2 Å². The monoisotopic (exact) mass is 382 g/mol. The molecule has 0 radical (unpaired) electrons. The molecule has 0 atom stereocenters. The third-order valence-electron chi connectivity index (χ3n) is 4.31. The molecule has 0 unspecified atom stereocenters. The number of amides is 1. The van der Waals surface area contributed by atoms with E-state index in [-0.39, 0.29) is 5.75 Å². The molecule has 28 heavy (non-hydrogen) atoms. The molecule has 146 valence electrons. The Morgan fingerprint density at radius 2 is 1.89 bits per heavy atom. The van der Waals surface area contributed by atoms with Crippen molar-refractivity contribution in [1.82, 2.24) is 5.06 Å². The molecule has 2 N–H and O–H groups in total. The minimum Gasteiger partial charge on any atom is -0.504 e. The molecule has 7 nitrogen and oxygen atoms in total. The number of anilines is 1. The molecule has 0 spiro atoms. The van der Waals surface area contributed by atoms with Crippen LogP contribution in [0.5, 0.6) is 11.5 Å². The van der Waals surface area contributed by atoms with Gasteiger partial charge in [0.05, 0.1) is 18.4 Å². The van der Waals surface area contributed by atoms with Gasteiger partial charge in [-0.05, 0) is 48.7 Å². The number of hydrogen-bond donors (Lipinski definition) is 2. The number of methoxy groups -OCH3 is 1. The van der Waals surface area contributed by atoms with Gasteiger partial charge in [0, 0.05) is 19.2 Å². The fourth-order valence-electron chi connectivity index (χ4n) is 2.87. The van der Waals surface area contributed by atoms with Crippen molar-refractivity contribution in [3.8, 4) is 11.5 Å². The molecule has 1 heterocycles. The standard InChI is InChI=1S/C21H22N2O5/c1-27-19-10-8-15(14-18(19)24)9-11-20(25)22-17-7-3-2-6-16(17)21(26)28-23-12-4-5-13-23/h2-3,6-11,14,24H,4-5,12-13H2,1H3,(H,22,25)/b11-9+. The van der Waals surface area contributed by atoms with Crippen LogP contribution < -0.4 is 10.1 Å². The molecule has 0 aliphatic carbocycles. The van der Waals surface area contributed by atoms with Crippen molar-refractivity contribution in [3.63, 3.8) is 0 Å². The van der Waals surface area contributed by atoms with E-state index in [0.717, 1.165) is 25.9 Å². The maximum atomic E-state index is 12.4. The Labute approximate surface area is 163 Å². The average Bonchev–Trinajstić information content (AvgIpc) is 3.20. The third kappa shape index (κ3) is 4.89. The summed E-state index contributed by atoms with van der Waals surface area (Å²) in [6, 6.07) is 11.5. The van der Waals surface area contributed by atoms with E-state index in [1.807, 2.05) is 0 Å². The minimum absolute atomic E-state index is 0.0138. The number of aromatic hydroxyl groups is 1. The summed E-state index contributed by atoms with van der Waals surface area (Å²) in [5, 5.41) is 14.1. The van der Waals surface area contributed by atoms with Crippen LogP contribution in [0.15, 0.2) is 48.5 Å². The molecule has 1 amide bonds. The van der Waals surface area contributed by atoms with Crippen molar-refractivity contribution in [3.05, 3.63) is 59.7 Å². The van der Waals surface area contributed by atoms with E-state index in [2.05, 4.69) is 5.32 Å². The molecule has 1 aliphatic rings. The highest BCUT2D eigenvalue weighted by Crippen LogP contribution is 2.26. The molecule has 0 aromatic heterocycles. The first-order valence-electron chi connectivity index (χ1n) is 8.99. The smallest absolute Gasteiger partial charge is 0.359 e. The number of para-hydroxylation sites is 1.